The van der Waals surface area contributed by atoms with Crippen LogP contribution in [0.2, 0.25) is 0 Å². The van der Waals surface area contributed by atoms with Crippen LogP contribution in [-0.2, 0) is 22.5 Å². The molecule has 1 aliphatic heterocycles. The Morgan fingerprint density at radius 1 is 1.44 bits per heavy atom. The highest BCUT2D eigenvalue weighted by Gasteiger charge is 2.23. The van der Waals surface area contributed by atoms with E-state index in [2.05, 4.69) is 20.1 Å². The number of carbonyl (C=O) groups excluding carboxylic acids is 1. The van der Waals surface area contributed by atoms with Crippen molar-refractivity contribution in [2.45, 2.75) is 25.8 Å². The van der Waals surface area contributed by atoms with Gasteiger partial charge in [-0.05, 0) is 12.8 Å². The number of aryl methyl sites for hydroxylation is 1. The molecule has 1 unspecified atom stereocenters. The molecule has 0 spiro atoms. The van der Waals surface area contributed by atoms with Crippen molar-refractivity contribution in [2.24, 2.45) is 5.92 Å². The molecule has 0 aliphatic carbocycles. The zero-order chi connectivity index (χ0) is 17.5. The summed E-state index contributed by atoms with van der Waals surface area (Å²) in [6.07, 6.45) is 6.35. The first-order valence-electron chi connectivity index (χ1n) is 8.42. The number of hydrogen-bond donors (Lipinski definition) is 1. The summed E-state index contributed by atoms with van der Waals surface area (Å²) >= 11 is 0. The van der Waals surface area contributed by atoms with Crippen LogP contribution in [0.4, 0.5) is 0 Å². The predicted molar refractivity (Wildman–Crippen MR) is 88.7 cm³/mol. The van der Waals surface area contributed by atoms with Gasteiger partial charge in [-0.15, -0.1) is 0 Å². The third kappa shape index (κ3) is 5.21. The summed E-state index contributed by atoms with van der Waals surface area (Å²) in [5.41, 5.74) is 0.554. The molecule has 9 nitrogen and oxygen atoms in total. The normalized spacial score (nSPS) is 18.1. The van der Waals surface area contributed by atoms with Gasteiger partial charge in [-0.1, -0.05) is 0 Å². The third-order valence-electron chi connectivity index (χ3n) is 4.17. The lowest BCUT2D eigenvalue weighted by molar-refractivity contribution is -0.131. The second-order valence-corrected chi connectivity index (χ2v) is 6.15. The molecule has 1 amide bonds. The van der Waals surface area contributed by atoms with E-state index in [4.69, 9.17) is 4.74 Å². The minimum atomic E-state index is -0.166. The van der Waals surface area contributed by atoms with Crippen molar-refractivity contribution in [3.05, 3.63) is 41.1 Å². The Hall–Kier alpha value is -2.55. The number of H-pyrrole nitrogens is 1. The molecule has 0 bridgehead atoms. The number of carbonyl (C=O) groups is 1. The van der Waals surface area contributed by atoms with Crippen LogP contribution in [0, 0.1) is 5.92 Å². The van der Waals surface area contributed by atoms with Gasteiger partial charge in [-0.25, -0.2) is 9.97 Å². The van der Waals surface area contributed by atoms with Gasteiger partial charge in [0.2, 0.25) is 5.91 Å². The van der Waals surface area contributed by atoms with Crippen molar-refractivity contribution in [1.82, 2.24) is 29.6 Å². The Morgan fingerprint density at radius 2 is 2.36 bits per heavy atom. The number of hydrogen-bond acceptors (Lipinski definition) is 6. The molecule has 1 aliphatic rings. The Morgan fingerprint density at radius 3 is 3.16 bits per heavy atom. The van der Waals surface area contributed by atoms with Crippen molar-refractivity contribution in [2.75, 3.05) is 26.3 Å². The van der Waals surface area contributed by atoms with Crippen LogP contribution < -0.4 is 5.56 Å². The summed E-state index contributed by atoms with van der Waals surface area (Å²) in [6, 6.07) is 1.50. The first-order valence-corrected chi connectivity index (χ1v) is 8.42. The smallest absolute Gasteiger partial charge is 0.250 e. The number of aromatic amines is 1. The average molecular weight is 346 g/mol. The van der Waals surface area contributed by atoms with Gasteiger partial charge in [0.05, 0.1) is 19.5 Å². The van der Waals surface area contributed by atoms with Gasteiger partial charge in [0.25, 0.3) is 5.56 Å². The minimum absolute atomic E-state index is 0.120. The molecule has 3 rings (SSSR count). The molecule has 3 heterocycles. The Balaban J connectivity index is 1.51. The molecular weight excluding hydrogens is 324 g/mol. The quantitative estimate of drug-likeness (QED) is 0.780. The third-order valence-corrected chi connectivity index (χ3v) is 4.17. The number of nitrogens with zero attached hydrogens (tertiary/aromatic N) is 5. The summed E-state index contributed by atoms with van der Waals surface area (Å²) in [5, 5.41) is 4.03. The molecule has 2 aromatic heterocycles. The molecule has 0 radical (unpaired) electrons. The molecule has 1 saturated heterocycles. The fraction of sp³-hybridized carbons (Fsp3) is 0.562. The molecule has 0 saturated carbocycles. The van der Waals surface area contributed by atoms with Crippen molar-refractivity contribution >= 4 is 5.91 Å². The van der Waals surface area contributed by atoms with Gasteiger partial charge in [0.15, 0.2) is 0 Å². The first kappa shape index (κ1) is 17.3. The van der Waals surface area contributed by atoms with Crippen LogP contribution >= 0.6 is 0 Å². The average Bonchev–Trinajstić information content (AvgIpc) is 3.00. The number of aromatic nitrogens is 5. The summed E-state index contributed by atoms with van der Waals surface area (Å²) in [5.74, 6) is 0.255. The van der Waals surface area contributed by atoms with Crippen LogP contribution in [0.15, 0.2) is 29.8 Å². The summed E-state index contributed by atoms with van der Waals surface area (Å²) in [6.45, 7) is 3.00. The maximum absolute atomic E-state index is 12.5. The number of nitrogens with one attached hydrogen (secondary N) is 1. The van der Waals surface area contributed by atoms with Gasteiger partial charge in [-0.3, -0.25) is 14.3 Å². The topological polar surface area (TPSA) is 106 Å². The fourth-order valence-electron chi connectivity index (χ4n) is 2.95. The number of amides is 1. The molecular formula is C16H22N6O3. The zero-order valence-electron chi connectivity index (χ0n) is 14.0. The standard InChI is InChI=1S/C16H22N6O3/c23-15-7-14(18-11-19-15)6-13-8-21(4-5-25-9-13)16(24)2-1-3-22-12-17-10-20-22/h7,10-13H,1-6,8-9H2,(H,18,19,23). The fourth-order valence-corrected chi connectivity index (χ4v) is 2.95. The summed E-state index contributed by atoms with van der Waals surface area (Å²) < 4.78 is 7.35. The lowest BCUT2D eigenvalue weighted by Crippen LogP contribution is -2.36. The van der Waals surface area contributed by atoms with Crippen molar-refractivity contribution < 1.29 is 9.53 Å². The maximum Gasteiger partial charge on any atom is 0.250 e. The van der Waals surface area contributed by atoms with E-state index in [1.165, 1.54) is 18.7 Å². The van der Waals surface area contributed by atoms with Crippen LogP contribution in [0.25, 0.3) is 0 Å². The molecule has 1 atom stereocenters. The van der Waals surface area contributed by atoms with Crippen molar-refractivity contribution in [1.29, 1.82) is 0 Å². The Kier molecular flexibility index (Phi) is 5.89. The van der Waals surface area contributed by atoms with Gasteiger partial charge in [0, 0.05) is 43.7 Å². The zero-order valence-corrected chi connectivity index (χ0v) is 14.0. The van der Waals surface area contributed by atoms with Gasteiger partial charge in [-0.2, -0.15) is 5.10 Å². The first-order chi connectivity index (χ1) is 12.2. The molecule has 25 heavy (non-hydrogen) atoms. The van der Waals surface area contributed by atoms with E-state index in [-0.39, 0.29) is 17.4 Å². The number of ether oxygens (including phenoxy) is 1. The Bertz CT molecular complexity index is 729. The highest BCUT2D eigenvalue weighted by molar-refractivity contribution is 5.76. The highest BCUT2D eigenvalue weighted by Crippen LogP contribution is 2.13. The van der Waals surface area contributed by atoms with Crippen LogP contribution in [0.3, 0.4) is 0 Å². The maximum atomic E-state index is 12.5. The van der Waals surface area contributed by atoms with Crippen LogP contribution in [0.1, 0.15) is 18.5 Å². The summed E-state index contributed by atoms with van der Waals surface area (Å²) in [7, 11) is 0. The van der Waals surface area contributed by atoms with Crippen LogP contribution in [0.5, 0.6) is 0 Å². The summed E-state index contributed by atoms with van der Waals surface area (Å²) in [4.78, 5) is 36.3. The van der Waals surface area contributed by atoms with Gasteiger partial charge >= 0.3 is 0 Å². The SMILES string of the molecule is O=C(CCCn1cncn1)N1CCOCC(Cc2cc(=O)[nH]cn2)C1. The molecule has 1 fully saturated rings. The second-order valence-electron chi connectivity index (χ2n) is 6.15. The largest absolute Gasteiger partial charge is 0.379 e. The van der Waals surface area contributed by atoms with Gasteiger partial charge in [0.1, 0.15) is 12.7 Å². The van der Waals surface area contributed by atoms with E-state index < -0.39 is 0 Å². The lowest BCUT2D eigenvalue weighted by atomic mass is 10.0. The number of rotatable bonds is 6. The molecule has 0 aromatic carbocycles. The van der Waals surface area contributed by atoms with E-state index in [1.54, 1.807) is 11.0 Å². The van der Waals surface area contributed by atoms with E-state index in [0.717, 1.165) is 12.1 Å². The Labute approximate surface area is 145 Å². The minimum Gasteiger partial charge on any atom is -0.379 e. The van der Waals surface area contributed by atoms with E-state index in [9.17, 15) is 9.59 Å². The monoisotopic (exact) mass is 346 g/mol. The van der Waals surface area contributed by atoms with Crippen molar-refractivity contribution in [3.63, 3.8) is 0 Å². The molecule has 1 N–H and O–H groups in total. The molecule has 2 aromatic rings. The molecule has 134 valence electrons. The highest BCUT2D eigenvalue weighted by atomic mass is 16.5. The van der Waals surface area contributed by atoms with E-state index in [0.29, 0.717) is 45.7 Å². The van der Waals surface area contributed by atoms with Crippen LogP contribution in [-0.4, -0.2) is 61.8 Å². The lowest BCUT2D eigenvalue weighted by Gasteiger charge is -2.23. The van der Waals surface area contributed by atoms with E-state index >= 15 is 0 Å². The van der Waals surface area contributed by atoms with E-state index in [1.807, 2.05) is 4.90 Å². The van der Waals surface area contributed by atoms with Crippen molar-refractivity contribution in [3.8, 4) is 0 Å². The molecule has 9 heteroatoms. The van der Waals surface area contributed by atoms with Gasteiger partial charge < -0.3 is 14.6 Å². The predicted octanol–water partition coefficient (Wildman–Crippen LogP) is -0.141. The second kappa shape index (κ2) is 8.52.